The van der Waals surface area contributed by atoms with E-state index in [1.807, 2.05) is 30.5 Å². The van der Waals surface area contributed by atoms with Crippen LogP contribution in [-0.4, -0.2) is 15.0 Å². The van der Waals surface area contributed by atoms with Crippen LogP contribution in [0.3, 0.4) is 0 Å². The van der Waals surface area contributed by atoms with Crippen LogP contribution in [0.15, 0.2) is 61.4 Å². The topological polar surface area (TPSA) is 67.6 Å². The number of imidazole rings is 1. The molecule has 0 aliphatic rings. The van der Waals surface area contributed by atoms with Gasteiger partial charge in [-0.15, -0.1) is 6.58 Å². The number of aromatic nitrogens is 3. The zero-order valence-electron chi connectivity index (χ0n) is 10.6. The lowest BCUT2D eigenvalue weighted by molar-refractivity contribution is 1.16. The minimum absolute atomic E-state index is 0.465. The van der Waals surface area contributed by atoms with Crippen LogP contribution in [0.2, 0.25) is 0 Å². The molecule has 0 saturated carbocycles. The van der Waals surface area contributed by atoms with Crippen molar-refractivity contribution >= 4 is 16.9 Å². The Balaban J connectivity index is 0.000000141. The van der Waals surface area contributed by atoms with Crippen molar-refractivity contribution in [2.45, 2.75) is 6.42 Å². The zero-order valence-corrected chi connectivity index (χ0v) is 10.6. The first-order valence-corrected chi connectivity index (χ1v) is 6.00. The number of rotatable bonds is 2. The van der Waals surface area contributed by atoms with Crippen LogP contribution < -0.4 is 5.73 Å². The summed E-state index contributed by atoms with van der Waals surface area (Å²) >= 11 is 0. The van der Waals surface area contributed by atoms with E-state index in [0.717, 1.165) is 17.6 Å². The van der Waals surface area contributed by atoms with Crippen LogP contribution in [0, 0.1) is 0 Å². The third-order valence-corrected chi connectivity index (χ3v) is 2.52. The lowest BCUT2D eigenvalue weighted by Gasteiger charge is -1.91. The van der Waals surface area contributed by atoms with E-state index in [4.69, 9.17) is 5.73 Å². The van der Waals surface area contributed by atoms with Crippen LogP contribution in [0.1, 0.15) is 5.69 Å². The Morgan fingerprint density at radius 3 is 2.68 bits per heavy atom. The molecule has 0 amide bonds. The monoisotopic (exact) mass is 252 g/mol. The Labute approximate surface area is 112 Å². The highest BCUT2D eigenvalue weighted by Crippen LogP contribution is 2.07. The first-order chi connectivity index (χ1) is 9.29. The number of anilines is 1. The molecule has 1 aromatic carbocycles. The average Bonchev–Trinajstić information content (AvgIpc) is 2.86. The highest BCUT2D eigenvalue weighted by molar-refractivity contribution is 5.77. The van der Waals surface area contributed by atoms with Gasteiger partial charge in [0.05, 0.1) is 11.2 Å². The normalized spacial score (nSPS) is 9.68. The Morgan fingerprint density at radius 2 is 2.00 bits per heavy atom. The molecule has 2 heterocycles. The van der Waals surface area contributed by atoms with Gasteiger partial charge in [0.15, 0.2) is 5.95 Å². The van der Waals surface area contributed by atoms with E-state index in [0.29, 0.717) is 5.95 Å². The smallest absolute Gasteiger partial charge is 0.197 e. The molecule has 3 rings (SSSR count). The maximum atomic E-state index is 5.31. The third kappa shape index (κ3) is 3.67. The molecule has 0 fully saturated rings. The van der Waals surface area contributed by atoms with Gasteiger partial charge in [-0.3, -0.25) is 4.98 Å². The van der Waals surface area contributed by atoms with Crippen LogP contribution in [-0.2, 0) is 6.42 Å². The second-order valence-electron chi connectivity index (χ2n) is 3.97. The number of benzene rings is 1. The highest BCUT2D eigenvalue weighted by Gasteiger charge is 1.92. The number of fused-ring (bicyclic) bond motifs is 1. The molecule has 0 radical (unpaired) electrons. The summed E-state index contributed by atoms with van der Waals surface area (Å²) in [5.74, 6) is 0.465. The highest BCUT2D eigenvalue weighted by atomic mass is 15.0. The van der Waals surface area contributed by atoms with Crippen LogP contribution in [0.25, 0.3) is 10.9 Å². The fourth-order valence-corrected chi connectivity index (χ4v) is 1.65. The zero-order chi connectivity index (χ0) is 13.5. The minimum Gasteiger partial charge on any atom is -0.369 e. The first kappa shape index (κ1) is 12.8. The number of nitrogen functional groups attached to an aromatic ring is 1. The van der Waals surface area contributed by atoms with E-state index in [9.17, 15) is 0 Å². The van der Waals surface area contributed by atoms with Crippen molar-refractivity contribution in [2.75, 3.05) is 5.73 Å². The van der Waals surface area contributed by atoms with Gasteiger partial charge < -0.3 is 10.7 Å². The minimum atomic E-state index is 0.465. The van der Waals surface area contributed by atoms with E-state index >= 15 is 0 Å². The summed E-state index contributed by atoms with van der Waals surface area (Å²) in [5.41, 5.74) is 7.30. The van der Waals surface area contributed by atoms with Gasteiger partial charge in [0, 0.05) is 24.2 Å². The number of allylic oxidation sites excluding steroid dienone is 1. The maximum absolute atomic E-state index is 5.31. The van der Waals surface area contributed by atoms with E-state index in [-0.39, 0.29) is 0 Å². The molecule has 2 aromatic heterocycles. The summed E-state index contributed by atoms with van der Waals surface area (Å²) in [4.78, 5) is 10.9. The van der Waals surface area contributed by atoms with E-state index in [2.05, 4.69) is 33.7 Å². The third-order valence-electron chi connectivity index (χ3n) is 2.52. The standard InChI is InChI=1S/C9H7N.C6H9N3/c1-2-6-9-8(4-1)5-3-7-10-9;1-2-3-5-4-8-6(7)9-5/h1-7H;2,4H,1,3H2,(H3,7,8,9). The number of hydrogen-bond donors (Lipinski definition) is 2. The summed E-state index contributed by atoms with van der Waals surface area (Å²) in [6.45, 7) is 3.57. The molecule has 96 valence electrons. The van der Waals surface area contributed by atoms with Crippen molar-refractivity contribution in [3.05, 3.63) is 67.1 Å². The van der Waals surface area contributed by atoms with Crippen molar-refractivity contribution in [1.29, 1.82) is 0 Å². The molecule has 0 aliphatic heterocycles. The molecule has 0 aliphatic carbocycles. The summed E-state index contributed by atoms with van der Waals surface area (Å²) in [7, 11) is 0. The molecule has 19 heavy (non-hydrogen) atoms. The largest absolute Gasteiger partial charge is 0.369 e. The molecule has 4 heteroatoms. The molecule has 0 atom stereocenters. The number of para-hydroxylation sites is 1. The SMILES string of the molecule is C=CCc1c[nH]c(N)n1.c1ccc2ncccc2c1. The second-order valence-corrected chi connectivity index (χ2v) is 3.97. The molecule has 0 spiro atoms. The Kier molecular flexibility index (Phi) is 4.29. The Bertz CT molecular complexity index is 592. The molecule has 4 nitrogen and oxygen atoms in total. The van der Waals surface area contributed by atoms with Gasteiger partial charge in [-0.05, 0) is 12.1 Å². The first-order valence-electron chi connectivity index (χ1n) is 6.00. The van der Waals surface area contributed by atoms with Crippen LogP contribution in [0.5, 0.6) is 0 Å². The summed E-state index contributed by atoms with van der Waals surface area (Å²) in [6, 6.07) is 12.1. The van der Waals surface area contributed by atoms with E-state index in [1.54, 1.807) is 12.3 Å². The molecule has 3 aromatic rings. The van der Waals surface area contributed by atoms with Crippen LogP contribution >= 0.6 is 0 Å². The summed E-state index contributed by atoms with van der Waals surface area (Å²) < 4.78 is 0. The van der Waals surface area contributed by atoms with E-state index < -0.39 is 0 Å². The number of nitrogens with two attached hydrogens (primary N) is 1. The fourth-order valence-electron chi connectivity index (χ4n) is 1.65. The van der Waals surface area contributed by atoms with Crippen molar-refractivity contribution in [3.63, 3.8) is 0 Å². The summed E-state index contributed by atoms with van der Waals surface area (Å²) in [5, 5.41) is 1.20. The van der Waals surface area contributed by atoms with Crippen molar-refractivity contribution < 1.29 is 0 Å². The Morgan fingerprint density at radius 1 is 1.21 bits per heavy atom. The van der Waals surface area contributed by atoms with Gasteiger partial charge in [-0.1, -0.05) is 30.3 Å². The predicted molar refractivity (Wildman–Crippen MR) is 78.6 cm³/mol. The molecular formula is C15H16N4. The quantitative estimate of drug-likeness (QED) is 0.689. The van der Waals surface area contributed by atoms with E-state index in [1.165, 1.54) is 5.39 Å². The van der Waals surface area contributed by atoms with Gasteiger partial charge in [0.2, 0.25) is 0 Å². The lowest BCUT2D eigenvalue weighted by atomic mass is 10.2. The van der Waals surface area contributed by atoms with Gasteiger partial charge in [-0.2, -0.15) is 0 Å². The molecule has 3 N–H and O–H groups in total. The predicted octanol–water partition coefficient (Wildman–Crippen LogP) is 2.96. The average molecular weight is 252 g/mol. The number of hydrogen-bond acceptors (Lipinski definition) is 3. The van der Waals surface area contributed by atoms with Crippen molar-refractivity contribution in [2.24, 2.45) is 0 Å². The van der Waals surface area contributed by atoms with Gasteiger partial charge in [0.1, 0.15) is 0 Å². The summed E-state index contributed by atoms with van der Waals surface area (Å²) in [6.07, 6.45) is 6.14. The van der Waals surface area contributed by atoms with Gasteiger partial charge >= 0.3 is 0 Å². The molecular weight excluding hydrogens is 236 g/mol. The fraction of sp³-hybridized carbons (Fsp3) is 0.0667. The van der Waals surface area contributed by atoms with Gasteiger partial charge in [-0.25, -0.2) is 4.98 Å². The van der Waals surface area contributed by atoms with Crippen molar-refractivity contribution in [1.82, 2.24) is 15.0 Å². The number of pyridine rings is 1. The van der Waals surface area contributed by atoms with Crippen LogP contribution in [0.4, 0.5) is 5.95 Å². The molecule has 0 saturated heterocycles. The van der Waals surface area contributed by atoms with Gasteiger partial charge in [0.25, 0.3) is 0 Å². The number of H-pyrrole nitrogens is 1. The number of nitrogens with one attached hydrogen (secondary N) is 1. The maximum Gasteiger partial charge on any atom is 0.197 e. The molecule has 0 bridgehead atoms. The second kappa shape index (κ2) is 6.35. The molecule has 0 unspecified atom stereocenters. The number of nitrogens with zero attached hydrogens (tertiary/aromatic N) is 2. The Hall–Kier alpha value is -2.62. The van der Waals surface area contributed by atoms with Crippen molar-refractivity contribution in [3.8, 4) is 0 Å². The number of aromatic amines is 1. The lowest BCUT2D eigenvalue weighted by Crippen LogP contribution is -1.86.